The van der Waals surface area contributed by atoms with E-state index in [1.54, 1.807) is 24.3 Å². The third kappa shape index (κ3) is 2.70. The summed E-state index contributed by atoms with van der Waals surface area (Å²) in [7, 11) is -2.32. The molecular formula is C18H14N2O5S. The second-order valence-corrected chi connectivity index (χ2v) is 7.29. The molecule has 0 saturated carbocycles. The van der Waals surface area contributed by atoms with Crippen molar-refractivity contribution in [2.24, 2.45) is 0 Å². The van der Waals surface area contributed by atoms with Crippen LogP contribution in [0, 0.1) is 0 Å². The quantitative estimate of drug-likeness (QED) is 0.575. The number of oxazole rings is 1. The number of hydrogen-bond donors (Lipinski definition) is 2. The molecule has 2 N–H and O–H groups in total. The average Bonchev–Trinajstić information content (AvgIpc) is 2.99. The molecule has 0 aliphatic heterocycles. The Hall–Kier alpha value is -3.26. The third-order valence-corrected chi connectivity index (χ3v) is 5.46. The summed E-state index contributed by atoms with van der Waals surface area (Å²) >= 11 is 0. The van der Waals surface area contributed by atoms with Gasteiger partial charge in [-0.15, -0.1) is 0 Å². The Labute approximate surface area is 148 Å². The Bertz CT molecular complexity index is 1290. The molecule has 0 unspecified atom stereocenters. The van der Waals surface area contributed by atoms with Crippen molar-refractivity contribution in [3.05, 3.63) is 65.1 Å². The van der Waals surface area contributed by atoms with Crippen molar-refractivity contribution in [3.63, 3.8) is 0 Å². The van der Waals surface area contributed by atoms with Crippen LogP contribution in [0.3, 0.4) is 0 Å². The Morgan fingerprint density at radius 1 is 1.04 bits per heavy atom. The summed E-state index contributed by atoms with van der Waals surface area (Å²) in [6.07, 6.45) is 0. The predicted octanol–water partition coefficient (Wildman–Crippen LogP) is 3.08. The van der Waals surface area contributed by atoms with E-state index in [1.165, 1.54) is 31.4 Å². The summed E-state index contributed by atoms with van der Waals surface area (Å²) in [5.74, 6) is -0.00176. The molecule has 0 spiro atoms. The summed E-state index contributed by atoms with van der Waals surface area (Å²) in [4.78, 5) is 13.9. The first kappa shape index (κ1) is 16.2. The van der Waals surface area contributed by atoms with Gasteiger partial charge in [0.1, 0.15) is 5.75 Å². The van der Waals surface area contributed by atoms with Crippen LogP contribution in [-0.2, 0) is 10.0 Å². The Balaban J connectivity index is 1.81. The van der Waals surface area contributed by atoms with Gasteiger partial charge in [-0.1, -0.05) is 24.3 Å². The number of aromatic amines is 1. The van der Waals surface area contributed by atoms with Crippen LogP contribution in [-0.4, -0.2) is 20.5 Å². The molecular weight excluding hydrogens is 356 g/mol. The van der Waals surface area contributed by atoms with E-state index >= 15 is 0 Å². The molecule has 0 atom stereocenters. The summed E-state index contributed by atoms with van der Waals surface area (Å²) in [6.45, 7) is 0. The highest BCUT2D eigenvalue weighted by Gasteiger charge is 2.19. The maximum absolute atomic E-state index is 12.9. The number of hydrogen-bond acceptors (Lipinski definition) is 5. The van der Waals surface area contributed by atoms with Gasteiger partial charge < -0.3 is 9.15 Å². The molecule has 4 aromatic rings. The van der Waals surface area contributed by atoms with Gasteiger partial charge in [0, 0.05) is 10.8 Å². The second kappa shape index (κ2) is 5.92. The first-order chi connectivity index (χ1) is 12.5. The maximum atomic E-state index is 12.9. The van der Waals surface area contributed by atoms with E-state index < -0.39 is 15.8 Å². The van der Waals surface area contributed by atoms with E-state index in [0.29, 0.717) is 33.3 Å². The van der Waals surface area contributed by atoms with Crippen LogP contribution < -0.4 is 15.2 Å². The van der Waals surface area contributed by atoms with Crippen LogP contribution in [0.25, 0.3) is 21.9 Å². The topological polar surface area (TPSA) is 101 Å². The van der Waals surface area contributed by atoms with Gasteiger partial charge in [0.25, 0.3) is 10.0 Å². The predicted molar refractivity (Wildman–Crippen MR) is 98.1 cm³/mol. The minimum atomic E-state index is -3.85. The Kier molecular flexibility index (Phi) is 3.69. The molecule has 26 heavy (non-hydrogen) atoms. The van der Waals surface area contributed by atoms with Gasteiger partial charge in [0.2, 0.25) is 0 Å². The van der Waals surface area contributed by atoms with Crippen molar-refractivity contribution in [1.29, 1.82) is 0 Å². The molecule has 7 nitrogen and oxygen atoms in total. The number of aromatic nitrogens is 1. The number of fused-ring (bicyclic) bond motifs is 2. The number of sulfonamides is 1. The standard InChI is InChI=1S/C18H14N2O5S/c1-24-15-8-9-17(13-5-3-2-4-12(13)15)26(22,23)20-11-6-7-16-14(10-11)19-18(21)25-16/h2-10,20H,1H3,(H,19,21). The number of rotatable bonds is 4. The molecule has 0 aliphatic carbocycles. The highest BCUT2D eigenvalue weighted by atomic mass is 32.2. The fourth-order valence-electron chi connectivity index (χ4n) is 2.88. The van der Waals surface area contributed by atoms with Crippen molar-refractivity contribution in [2.75, 3.05) is 11.8 Å². The minimum absolute atomic E-state index is 0.134. The van der Waals surface area contributed by atoms with Crippen molar-refractivity contribution in [2.45, 2.75) is 4.90 Å². The van der Waals surface area contributed by atoms with Gasteiger partial charge in [0.05, 0.1) is 23.2 Å². The van der Waals surface area contributed by atoms with Crippen LogP contribution in [0.5, 0.6) is 5.75 Å². The largest absolute Gasteiger partial charge is 0.496 e. The SMILES string of the molecule is COc1ccc(S(=O)(=O)Nc2ccc3oc(=O)[nH]c3c2)c2ccccc12. The molecule has 1 heterocycles. The molecule has 0 saturated heterocycles. The van der Waals surface area contributed by atoms with E-state index in [0.717, 1.165) is 0 Å². The van der Waals surface area contributed by atoms with Gasteiger partial charge >= 0.3 is 5.76 Å². The third-order valence-electron chi connectivity index (χ3n) is 4.02. The van der Waals surface area contributed by atoms with Crippen molar-refractivity contribution >= 4 is 37.6 Å². The van der Waals surface area contributed by atoms with Crippen molar-refractivity contribution in [1.82, 2.24) is 4.98 Å². The zero-order valence-corrected chi connectivity index (χ0v) is 14.5. The van der Waals surface area contributed by atoms with E-state index in [4.69, 9.17) is 9.15 Å². The van der Waals surface area contributed by atoms with Gasteiger partial charge in [-0.2, -0.15) is 0 Å². The van der Waals surface area contributed by atoms with Crippen LogP contribution in [0.1, 0.15) is 0 Å². The van der Waals surface area contributed by atoms with Gasteiger partial charge in [-0.3, -0.25) is 9.71 Å². The number of ether oxygens (including phenoxy) is 1. The molecule has 1 aromatic heterocycles. The highest BCUT2D eigenvalue weighted by Crippen LogP contribution is 2.32. The number of anilines is 1. The van der Waals surface area contributed by atoms with Crippen LogP contribution in [0.2, 0.25) is 0 Å². The highest BCUT2D eigenvalue weighted by molar-refractivity contribution is 7.93. The lowest BCUT2D eigenvalue weighted by Crippen LogP contribution is -2.13. The zero-order valence-electron chi connectivity index (χ0n) is 13.6. The van der Waals surface area contributed by atoms with Gasteiger partial charge in [-0.05, 0) is 30.3 Å². The average molecular weight is 370 g/mol. The lowest BCUT2D eigenvalue weighted by molar-refractivity contribution is 0.419. The monoisotopic (exact) mass is 370 g/mol. The Morgan fingerprint density at radius 2 is 1.81 bits per heavy atom. The molecule has 3 aromatic carbocycles. The van der Waals surface area contributed by atoms with Gasteiger partial charge in [-0.25, -0.2) is 13.2 Å². The second-order valence-electron chi connectivity index (χ2n) is 5.64. The molecule has 0 radical (unpaired) electrons. The molecule has 4 rings (SSSR count). The van der Waals surface area contributed by atoms with Crippen LogP contribution in [0.15, 0.2) is 68.7 Å². The van der Waals surface area contributed by atoms with Crippen molar-refractivity contribution in [3.8, 4) is 5.75 Å². The lowest BCUT2D eigenvalue weighted by Gasteiger charge is -2.12. The molecule has 0 fully saturated rings. The fraction of sp³-hybridized carbons (Fsp3) is 0.0556. The summed E-state index contributed by atoms with van der Waals surface area (Å²) in [5.41, 5.74) is 1.08. The minimum Gasteiger partial charge on any atom is -0.496 e. The van der Waals surface area contributed by atoms with E-state index in [-0.39, 0.29) is 4.90 Å². The van der Waals surface area contributed by atoms with E-state index in [2.05, 4.69) is 9.71 Å². The van der Waals surface area contributed by atoms with E-state index in [1.807, 2.05) is 6.07 Å². The van der Waals surface area contributed by atoms with Crippen LogP contribution in [0.4, 0.5) is 5.69 Å². The summed E-state index contributed by atoms with van der Waals surface area (Å²) in [6, 6.07) is 14.8. The van der Waals surface area contributed by atoms with E-state index in [9.17, 15) is 13.2 Å². The zero-order chi connectivity index (χ0) is 18.3. The smallest absolute Gasteiger partial charge is 0.417 e. The summed E-state index contributed by atoms with van der Waals surface area (Å²) < 4.78 is 38.6. The number of methoxy groups -OCH3 is 1. The molecule has 0 amide bonds. The van der Waals surface area contributed by atoms with Crippen molar-refractivity contribution < 1.29 is 17.6 Å². The Morgan fingerprint density at radius 3 is 2.58 bits per heavy atom. The summed E-state index contributed by atoms with van der Waals surface area (Å²) in [5, 5.41) is 1.25. The first-order valence-electron chi connectivity index (χ1n) is 7.69. The van der Waals surface area contributed by atoms with Crippen LogP contribution >= 0.6 is 0 Å². The maximum Gasteiger partial charge on any atom is 0.417 e. The first-order valence-corrected chi connectivity index (χ1v) is 9.18. The number of nitrogens with one attached hydrogen (secondary N) is 2. The molecule has 0 bridgehead atoms. The lowest BCUT2D eigenvalue weighted by atomic mass is 10.1. The fourth-order valence-corrected chi connectivity index (χ4v) is 4.14. The van der Waals surface area contributed by atoms with Gasteiger partial charge in [0.15, 0.2) is 5.58 Å². The molecule has 132 valence electrons. The number of H-pyrrole nitrogens is 1. The molecule has 8 heteroatoms. The normalized spacial score (nSPS) is 11.7. The number of benzene rings is 3. The molecule has 0 aliphatic rings.